The fourth-order valence-corrected chi connectivity index (χ4v) is 1.20. The highest BCUT2D eigenvalue weighted by Crippen LogP contribution is 1.86. The Morgan fingerprint density at radius 2 is 1.65 bits per heavy atom. The molecule has 0 spiro atoms. The van der Waals surface area contributed by atoms with Crippen molar-refractivity contribution in [1.82, 2.24) is 16.0 Å². The molecule has 98 valence electrons. The Hall–Kier alpha value is -1.27. The van der Waals surface area contributed by atoms with E-state index in [1.807, 2.05) is 6.92 Å². The van der Waals surface area contributed by atoms with Gasteiger partial charge in [0, 0.05) is 6.42 Å². The molecule has 0 aliphatic heterocycles. The summed E-state index contributed by atoms with van der Waals surface area (Å²) in [5.74, 6) is -0.263. The number of nitrogens with one attached hydrogen (secondary N) is 3. The van der Waals surface area contributed by atoms with E-state index in [0.717, 1.165) is 6.42 Å². The second-order valence-electron chi connectivity index (χ2n) is 3.74. The summed E-state index contributed by atoms with van der Waals surface area (Å²) in [6, 6.07) is 0. The molecule has 0 aromatic heterocycles. The van der Waals surface area contributed by atoms with Crippen molar-refractivity contribution in [2.45, 2.75) is 19.8 Å². The van der Waals surface area contributed by atoms with Gasteiger partial charge in [-0.25, -0.2) is 0 Å². The van der Waals surface area contributed by atoms with Gasteiger partial charge < -0.3 is 16.0 Å². The quantitative estimate of drug-likeness (QED) is 0.451. The summed E-state index contributed by atoms with van der Waals surface area (Å²) in [4.78, 5) is 33.4. The van der Waals surface area contributed by atoms with E-state index in [2.05, 4.69) is 16.0 Å². The third kappa shape index (κ3) is 9.65. The SMILES string of the molecule is CCCC(=O)CNC(=O)CNCC(=O)CNC. The first-order valence-electron chi connectivity index (χ1n) is 5.75. The van der Waals surface area contributed by atoms with Crippen LogP contribution in [0.1, 0.15) is 19.8 Å². The van der Waals surface area contributed by atoms with E-state index in [-0.39, 0.29) is 43.7 Å². The zero-order valence-electron chi connectivity index (χ0n) is 10.5. The Balaban J connectivity index is 3.53. The van der Waals surface area contributed by atoms with Crippen molar-refractivity contribution in [2.24, 2.45) is 0 Å². The number of carbonyl (C=O) groups excluding carboxylic acids is 3. The molecular formula is C11H21N3O3. The van der Waals surface area contributed by atoms with Crippen LogP contribution in [-0.2, 0) is 14.4 Å². The lowest BCUT2D eigenvalue weighted by Crippen LogP contribution is -2.39. The number of rotatable bonds is 10. The van der Waals surface area contributed by atoms with Crippen LogP contribution in [0.2, 0.25) is 0 Å². The average Bonchev–Trinajstić information content (AvgIpc) is 2.27. The minimum atomic E-state index is -0.272. The monoisotopic (exact) mass is 243 g/mol. The molecule has 0 saturated heterocycles. The number of ketones is 2. The fourth-order valence-electron chi connectivity index (χ4n) is 1.20. The Morgan fingerprint density at radius 1 is 0.941 bits per heavy atom. The first kappa shape index (κ1) is 15.7. The zero-order chi connectivity index (χ0) is 13.1. The molecule has 6 heteroatoms. The molecule has 0 unspecified atom stereocenters. The van der Waals surface area contributed by atoms with Gasteiger partial charge in [0.2, 0.25) is 5.91 Å². The van der Waals surface area contributed by atoms with Crippen LogP contribution in [0.3, 0.4) is 0 Å². The summed E-state index contributed by atoms with van der Waals surface area (Å²) in [6.45, 7) is 2.46. The van der Waals surface area contributed by atoms with Gasteiger partial charge in [-0.2, -0.15) is 0 Å². The van der Waals surface area contributed by atoms with Gasteiger partial charge in [0.15, 0.2) is 11.6 Å². The molecule has 3 N–H and O–H groups in total. The molecule has 0 radical (unpaired) electrons. The molecule has 0 fully saturated rings. The Morgan fingerprint density at radius 3 is 2.24 bits per heavy atom. The van der Waals surface area contributed by atoms with E-state index in [0.29, 0.717) is 6.42 Å². The van der Waals surface area contributed by atoms with E-state index in [9.17, 15) is 14.4 Å². The van der Waals surface area contributed by atoms with Gasteiger partial charge in [0.05, 0.1) is 26.2 Å². The molecule has 1 amide bonds. The summed E-state index contributed by atoms with van der Waals surface area (Å²) < 4.78 is 0. The molecule has 0 aliphatic rings. The highest BCUT2D eigenvalue weighted by Gasteiger charge is 2.05. The predicted molar refractivity (Wildman–Crippen MR) is 64.7 cm³/mol. The molecule has 6 nitrogen and oxygen atoms in total. The normalized spacial score (nSPS) is 10.0. The van der Waals surface area contributed by atoms with E-state index < -0.39 is 0 Å². The summed E-state index contributed by atoms with van der Waals surface area (Å²) in [6.07, 6.45) is 1.26. The molecule has 0 heterocycles. The van der Waals surface area contributed by atoms with Gasteiger partial charge in [0.25, 0.3) is 0 Å². The zero-order valence-corrected chi connectivity index (χ0v) is 10.5. The molecule has 17 heavy (non-hydrogen) atoms. The number of hydrogen-bond acceptors (Lipinski definition) is 5. The fraction of sp³-hybridized carbons (Fsp3) is 0.727. The Bertz CT molecular complexity index is 267. The second kappa shape index (κ2) is 9.92. The first-order chi connectivity index (χ1) is 8.10. The van der Waals surface area contributed by atoms with Gasteiger partial charge in [-0.15, -0.1) is 0 Å². The molecule has 0 aromatic carbocycles. The van der Waals surface area contributed by atoms with Crippen LogP contribution in [-0.4, -0.2) is 50.7 Å². The van der Waals surface area contributed by atoms with Crippen molar-refractivity contribution in [3.63, 3.8) is 0 Å². The lowest BCUT2D eigenvalue weighted by atomic mass is 10.2. The number of amides is 1. The first-order valence-corrected chi connectivity index (χ1v) is 5.75. The minimum absolute atomic E-state index is 0.0117. The summed E-state index contributed by atoms with van der Waals surface area (Å²) in [7, 11) is 1.68. The van der Waals surface area contributed by atoms with Crippen molar-refractivity contribution in [2.75, 3.05) is 33.2 Å². The maximum Gasteiger partial charge on any atom is 0.234 e. The van der Waals surface area contributed by atoms with Crippen molar-refractivity contribution in [1.29, 1.82) is 0 Å². The Labute approximate surface area is 102 Å². The molecule has 0 aliphatic carbocycles. The van der Waals surface area contributed by atoms with Crippen LogP contribution < -0.4 is 16.0 Å². The standard InChI is InChI=1S/C11H21N3O3/c1-3-4-9(15)7-14-11(17)8-13-6-10(16)5-12-2/h12-13H,3-8H2,1-2H3,(H,14,17). The van der Waals surface area contributed by atoms with Crippen molar-refractivity contribution >= 4 is 17.5 Å². The summed E-state index contributed by atoms with van der Waals surface area (Å²) in [5.41, 5.74) is 0. The topological polar surface area (TPSA) is 87.3 Å². The van der Waals surface area contributed by atoms with Gasteiger partial charge in [-0.3, -0.25) is 14.4 Å². The average molecular weight is 243 g/mol. The maximum absolute atomic E-state index is 11.2. The Kier molecular flexibility index (Phi) is 9.18. The lowest BCUT2D eigenvalue weighted by molar-refractivity contribution is -0.124. The smallest absolute Gasteiger partial charge is 0.234 e. The van der Waals surface area contributed by atoms with E-state index in [1.54, 1.807) is 7.05 Å². The number of carbonyl (C=O) groups is 3. The third-order valence-electron chi connectivity index (χ3n) is 1.99. The number of likely N-dealkylation sites (N-methyl/N-ethyl adjacent to an activating group) is 1. The van der Waals surface area contributed by atoms with Gasteiger partial charge in [-0.1, -0.05) is 6.92 Å². The number of hydrogen-bond donors (Lipinski definition) is 3. The van der Waals surface area contributed by atoms with Crippen LogP contribution in [0.15, 0.2) is 0 Å². The van der Waals surface area contributed by atoms with Crippen molar-refractivity contribution < 1.29 is 14.4 Å². The summed E-state index contributed by atoms with van der Waals surface area (Å²) >= 11 is 0. The van der Waals surface area contributed by atoms with E-state index >= 15 is 0 Å². The van der Waals surface area contributed by atoms with E-state index in [4.69, 9.17) is 0 Å². The second-order valence-corrected chi connectivity index (χ2v) is 3.74. The number of Topliss-reactive ketones (excluding diaryl/α,β-unsaturated/α-hetero) is 2. The molecule has 0 atom stereocenters. The van der Waals surface area contributed by atoms with Crippen LogP contribution in [0, 0.1) is 0 Å². The molecule has 0 bridgehead atoms. The minimum Gasteiger partial charge on any atom is -0.348 e. The van der Waals surface area contributed by atoms with Crippen LogP contribution >= 0.6 is 0 Å². The largest absolute Gasteiger partial charge is 0.348 e. The highest BCUT2D eigenvalue weighted by atomic mass is 16.2. The van der Waals surface area contributed by atoms with Crippen molar-refractivity contribution in [3.8, 4) is 0 Å². The summed E-state index contributed by atoms with van der Waals surface area (Å²) in [5, 5.41) is 7.93. The molecule has 0 saturated carbocycles. The van der Waals surface area contributed by atoms with E-state index in [1.165, 1.54) is 0 Å². The predicted octanol–water partition coefficient (Wildman–Crippen LogP) is -1.15. The molecular weight excluding hydrogens is 222 g/mol. The van der Waals surface area contributed by atoms with Gasteiger partial charge in [-0.05, 0) is 13.5 Å². The molecule has 0 aromatic rings. The highest BCUT2D eigenvalue weighted by molar-refractivity contribution is 5.87. The van der Waals surface area contributed by atoms with Gasteiger partial charge >= 0.3 is 0 Å². The van der Waals surface area contributed by atoms with Gasteiger partial charge in [0.1, 0.15) is 0 Å². The van der Waals surface area contributed by atoms with Crippen LogP contribution in [0.25, 0.3) is 0 Å². The van der Waals surface area contributed by atoms with Crippen molar-refractivity contribution in [3.05, 3.63) is 0 Å². The van der Waals surface area contributed by atoms with Crippen LogP contribution in [0.5, 0.6) is 0 Å². The van der Waals surface area contributed by atoms with Crippen LogP contribution in [0.4, 0.5) is 0 Å². The third-order valence-corrected chi connectivity index (χ3v) is 1.99. The lowest BCUT2D eigenvalue weighted by Gasteiger charge is -2.05. The molecule has 0 rings (SSSR count). The maximum atomic E-state index is 11.2.